The van der Waals surface area contributed by atoms with Crippen molar-refractivity contribution >= 4 is 5.97 Å². The van der Waals surface area contributed by atoms with Crippen LogP contribution in [0.1, 0.15) is 89.7 Å². The van der Waals surface area contributed by atoms with Gasteiger partial charge in [0.05, 0.1) is 6.61 Å². The molecule has 3 aliphatic rings. The smallest absolute Gasteiger partial charge is 0.311 e. The first kappa shape index (κ1) is 25.1. The molecule has 0 saturated heterocycles. The maximum absolute atomic E-state index is 12.2. The molecule has 0 heterocycles. The number of carbonyl (C=O) groups excluding carboxylic acids is 1. The molecule has 4 rings (SSSR count). The van der Waals surface area contributed by atoms with E-state index in [0.29, 0.717) is 17.6 Å². The van der Waals surface area contributed by atoms with Crippen LogP contribution < -0.4 is 4.74 Å². The topological polar surface area (TPSA) is 98.9 Å². The molecule has 1 saturated carbocycles. The predicted molar refractivity (Wildman–Crippen MR) is 126 cm³/mol. The molecule has 0 radical (unpaired) electrons. The molecule has 33 heavy (non-hydrogen) atoms. The zero-order valence-corrected chi connectivity index (χ0v) is 20.3. The molecule has 2 bridgehead atoms. The second-order valence-corrected chi connectivity index (χ2v) is 10.1. The molecular weight excluding hydrogens is 422 g/mol. The lowest BCUT2D eigenvalue weighted by Gasteiger charge is -2.59. The normalized spacial score (nSPS) is 22.8. The number of allylic oxidation sites excluding steroid dienone is 2. The minimum absolute atomic E-state index is 0.00436. The van der Waals surface area contributed by atoms with E-state index in [0.717, 1.165) is 43.2 Å². The number of aryl methyl sites for hydroxylation is 1. The van der Waals surface area contributed by atoms with Crippen molar-refractivity contribution in [3.63, 3.8) is 0 Å². The van der Waals surface area contributed by atoms with Crippen LogP contribution in [0.5, 0.6) is 11.5 Å². The highest BCUT2D eigenvalue weighted by Gasteiger charge is 2.55. The highest BCUT2D eigenvalue weighted by atomic mass is 16.9. The number of ether oxygens (including phenoxy) is 1. The van der Waals surface area contributed by atoms with Crippen LogP contribution in [0, 0.1) is 27.4 Å². The van der Waals surface area contributed by atoms with Gasteiger partial charge < -0.3 is 14.7 Å². The quantitative estimate of drug-likeness (QED) is 0.101. The lowest BCUT2D eigenvalue weighted by Crippen LogP contribution is -2.50. The van der Waals surface area contributed by atoms with Gasteiger partial charge in [-0.2, -0.15) is 0 Å². The van der Waals surface area contributed by atoms with Gasteiger partial charge in [0.25, 0.3) is 5.09 Å². The number of benzene rings is 1. The average molecular weight is 460 g/mol. The van der Waals surface area contributed by atoms with Crippen LogP contribution in [-0.2, 0) is 16.1 Å². The Kier molecular flexibility index (Phi) is 8.03. The molecule has 1 aromatic carbocycles. The van der Waals surface area contributed by atoms with Gasteiger partial charge in [0.15, 0.2) is 0 Å². The van der Waals surface area contributed by atoms with Crippen LogP contribution in [0.2, 0.25) is 0 Å². The first-order valence-electron chi connectivity index (χ1n) is 12.2. The number of aromatic hydroxyl groups is 1. The average Bonchev–Trinajstić information content (AvgIpc) is 2.73. The van der Waals surface area contributed by atoms with E-state index < -0.39 is 11.1 Å². The third kappa shape index (κ3) is 5.68. The molecule has 182 valence electrons. The van der Waals surface area contributed by atoms with Gasteiger partial charge in [-0.1, -0.05) is 51.7 Å². The number of hydrogen-bond acceptors (Lipinski definition) is 6. The number of phenols is 1. The number of hydrogen-bond donors (Lipinski definition) is 1. The third-order valence-electron chi connectivity index (χ3n) is 7.57. The second-order valence-electron chi connectivity index (χ2n) is 10.1. The molecule has 0 aromatic heterocycles. The number of phenolic OH excluding ortho intramolecular Hbond substituents is 1. The van der Waals surface area contributed by atoms with Crippen LogP contribution in [0.3, 0.4) is 0 Å². The highest BCUT2D eigenvalue weighted by molar-refractivity contribution is 5.72. The van der Waals surface area contributed by atoms with Crippen molar-refractivity contribution < 1.29 is 24.6 Å². The number of unbranched alkanes of at least 4 members (excludes halogenated alkanes) is 3. The summed E-state index contributed by atoms with van der Waals surface area (Å²) in [4.78, 5) is 26.7. The van der Waals surface area contributed by atoms with E-state index in [4.69, 9.17) is 4.74 Å². The minimum Gasteiger partial charge on any atom is -0.507 e. The Balaban J connectivity index is 1.80. The minimum atomic E-state index is -0.875. The number of esters is 1. The molecule has 1 N–H and O–H groups in total. The molecule has 0 spiro atoms. The summed E-state index contributed by atoms with van der Waals surface area (Å²) in [6, 6.07) is 3.44. The van der Waals surface area contributed by atoms with Crippen molar-refractivity contribution in [2.24, 2.45) is 17.3 Å². The summed E-state index contributed by atoms with van der Waals surface area (Å²) < 4.78 is 5.47. The standard InChI is InChI=1S/C26H37NO6/c1-5-6-7-8-10-18-14-19(33-24(29)11-9-12-32-27(30)31)15-23(28)25(18)20-13-17(2)21-16-22(20)26(21,3)4/h13-15,20-22,28H,5-12,16H2,1-4H3/t20-,21-,22-/m0/s1. The zero-order valence-electron chi connectivity index (χ0n) is 20.3. The molecule has 0 aliphatic heterocycles. The summed E-state index contributed by atoms with van der Waals surface area (Å²) in [6.07, 6.45) is 8.95. The Bertz CT molecular complexity index is 906. The van der Waals surface area contributed by atoms with Crippen molar-refractivity contribution in [1.82, 2.24) is 0 Å². The predicted octanol–water partition coefficient (Wildman–Crippen LogP) is 6.11. The monoisotopic (exact) mass is 459 g/mol. The van der Waals surface area contributed by atoms with Crippen LogP contribution in [0.4, 0.5) is 0 Å². The van der Waals surface area contributed by atoms with Crippen molar-refractivity contribution in [2.45, 2.75) is 85.0 Å². The van der Waals surface area contributed by atoms with E-state index >= 15 is 0 Å². The Hall–Kier alpha value is -2.57. The van der Waals surface area contributed by atoms with Crippen molar-refractivity contribution in [3.8, 4) is 11.5 Å². The van der Waals surface area contributed by atoms with Gasteiger partial charge in [-0.05, 0) is 61.5 Å². The molecule has 1 aromatic rings. The summed E-state index contributed by atoms with van der Waals surface area (Å²) in [6.45, 7) is 8.88. The first-order valence-corrected chi connectivity index (χ1v) is 12.2. The van der Waals surface area contributed by atoms with Crippen molar-refractivity contribution in [3.05, 3.63) is 45.0 Å². The zero-order chi connectivity index (χ0) is 24.2. The van der Waals surface area contributed by atoms with Gasteiger partial charge in [-0.15, -0.1) is 10.1 Å². The van der Waals surface area contributed by atoms with Crippen LogP contribution in [0.25, 0.3) is 0 Å². The van der Waals surface area contributed by atoms with Crippen molar-refractivity contribution in [2.75, 3.05) is 6.61 Å². The first-order chi connectivity index (χ1) is 15.6. The molecule has 3 aliphatic carbocycles. The van der Waals surface area contributed by atoms with Gasteiger partial charge in [-0.3, -0.25) is 4.79 Å². The lowest BCUT2D eigenvalue weighted by atomic mass is 9.45. The molecule has 1 fully saturated rings. The molecule has 7 nitrogen and oxygen atoms in total. The van der Waals surface area contributed by atoms with E-state index in [1.807, 2.05) is 6.07 Å². The summed E-state index contributed by atoms with van der Waals surface area (Å²) >= 11 is 0. The summed E-state index contributed by atoms with van der Waals surface area (Å²) in [5.74, 6) is 1.27. The van der Waals surface area contributed by atoms with Gasteiger partial charge in [0, 0.05) is 24.0 Å². The van der Waals surface area contributed by atoms with Crippen LogP contribution in [0.15, 0.2) is 23.8 Å². The Morgan fingerprint density at radius 1 is 1.24 bits per heavy atom. The largest absolute Gasteiger partial charge is 0.507 e. The summed E-state index contributed by atoms with van der Waals surface area (Å²) in [7, 11) is 0. The fraction of sp³-hybridized carbons (Fsp3) is 0.654. The second kappa shape index (κ2) is 10.6. The molecule has 3 atom stereocenters. The van der Waals surface area contributed by atoms with E-state index in [9.17, 15) is 20.0 Å². The van der Waals surface area contributed by atoms with Crippen LogP contribution in [-0.4, -0.2) is 22.8 Å². The maximum Gasteiger partial charge on any atom is 0.311 e. The lowest BCUT2D eigenvalue weighted by molar-refractivity contribution is -0.757. The number of fused-ring (bicyclic) bond motifs is 1. The fourth-order valence-electron chi connectivity index (χ4n) is 5.74. The SMILES string of the molecule is CCCCCCc1cc(OC(=O)CCCO[N+](=O)[O-])cc(O)c1[C@H]1C=C(C)[C@@H]2C[C@@H]1C2(C)C. The number of nitrogens with zero attached hydrogens (tertiary/aromatic N) is 1. The summed E-state index contributed by atoms with van der Waals surface area (Å²) in [5, 5.41) is 20.4. The van der Waals surface area contributed by atoms with Crippen molar-refractivity contribution in [1.29, 1.82) is 0 Å². The van der Waals surface area contributed by atoms with Crippen LogP contribution >= 0.6 is 0 Å². The molecule has 0 amide bonds. The van der Waals surface area contributed by atoms with E-state index in [-0.39, 0.29) is 36.5 Å². The van der Waals surface area contributed by atoms with Gasteiger partial charge in [-0.25, -0.2) is 0 Å². The van der Waals surface area contributed by atoms with Gasteiger partial charge >= 0.3 is 5.97 Å². The molecular formula is C26H37NO6. The Morgan fingerprint density at radius 2 is 2.00 bits per heavy atom. The Morgan fingerprint density at radius 3 is 2.64 bits per heavy atom. The van der Waals surface area contributed by atoms with Gasteiger partial charge in [0.2, 0.25) is 0 Å². The number of rotatable bonds is 12. The highest BCUT2D eigenvalue weighted by Crippen LogP contribution is 2.64. The van der Waals surface area contributed by atoms with Gasteiger partial charge in [0.1, 0.15) is 11.5 Å². The fourth-order valence-corrected chi connectivity index (χ4v) is 5.74. The summed E-state index contributed by atoms with van der Waals surface area (Å²) in [5.41, 5.74) is 3.63. The van der Waals surface area contributed by atoms with E-state index in [1.54, 1.807) is 0 Å². The Labute approximate surface area is 196 Å². The van der Waals surface area contributed by atoms with E-state index in [1.165, 1.54) is 18.1 Å². The van der Waals surface area contributed by atoms with E-state index in [2.05, 4.69) is 38.6 Å². The third-order valence-corrected chi connectivity index (χ3v) is 7.57. The maximum atomic E-state index is 12.2. The number of carbonyl (C=O) groups is 1. The molecule has 0 unspecified atom stereocenters. The molecule has 7 heteroatoms.